The molecule has 0 amide bonds. The fraction of sp³-hybridized carbons (Fsp3) is 0.294. The Kier molecular flexibility index (Phi) is 4.84. The van der Waals surface area contributed by atoms with Crippen LogP contribution in [0.3, 0.4) is 0 Å². The Morgan fingerprint density at radius 2 is 1.65 bits per heavy atom. The monoisotopic (exact) mass is 333 g/mol. The van der Waals surface area contributed by atoms with Crippen molar-refractivity contribution in [1.29, 1.82) is 0 Å². The lowest BCUT2D eigenvalue weighted by Gasteiger charge is -2.20. The van der Waals surface area contributed by atoms with Crippen molar-refractivity contribution in [2.24, 2.45) is 0 Å². The molecule has 0 radical (unpaired) electrons. The standard InChI is InChI=1S/C17H20BrNO/c1-17(2,3)19-12-13-8-10-14(11-9-13)20-16-7-5-4-6-15(16)18/h4-11,19H,12H2,1-3H3. The normalized spacial score (nSPS) is 11.4. The summed E-state index contributed by atoms with van der Waals surface area (Å²) in [6.07, 6.45) is 0. The fourth-order valence-electron chi connectivity index (χ4n) is 1.70. The Bertz CT molecular complexity index is 558. The molecule has 0 aromatic heterocycles. The Balaban J connectivity index is 2.00. The number of benzene rings is 2. The minimum absolute atomic E-state index is 0.129. The third-order valence-electron chi connectivity index (χ3n) is 2.81. The largest absolute Gasteiger partial charge is 0.456 e. The molecule has 0 bridgehead atoms. The molecule has 0 atom stereocenters. The lowest BCUT2D eigenvalue weighted by molar-refractivity contribution is 0.424. The summed E-state index contributed by atoms with van der Waals surface area (Å²) in [5, 5.41) is 3.47. The molecule has 0 saturated heterocycles. The van der Waals surface area contributed by atoms with Crippen LogP contribution in [0.25, 0.3) is 0 Å². The SMILES string of the molecule is CC(C)(C)NCc1ccc(Oc2ccccc2Br)cc1. The van der Waals surface area contributed by atoms with Gasteiger partial charge < -0.3 is 10.1 Å². The van der Waals surface area contributed by atoms with E-state index in [4.69, 9.17) is 4.74 Å². The predicted molar refractivity (Wildman–Crippen MR) is 87.3 cm³/mol. The van der Waals surface area contributed by atoms with E-state index in [-0.39, 0.29) is 5.54 Å². The van der Waals surface area contributed by atoms with Gasteiger partial charge in [-0.1, -0.05) is 24.3 Å². The molecule has 2 aromatic carbocycles. The van der Waals surface area contributed by atoms with E-state index in [0.29, 0.717) is 0 Å². The van der Waals surface area contributed by atoms with E-state index in [1.807, 2.05) is 36.4 Å². The van der Waals surface area contributed by atoms with Crippen molar-refractivity contribution in [2.75, 3.05) is 0 Å². The Labute approximate surface area is 129 Å². The summed E-state index contributed by atoms with van der Waals surface area (Å²) in [4.78, 5) is 0. The highest BCUT2D eigenvalue weighted by Gasteiger charge is 2.08. The number of para-hydroxylation sites is 1. The van der Waals surface area contributed by atoms with Gasteiger partial charge in [-0.25, -0.2) is 0 Å². The molecule has 0 fully saturated rings. The number of hydrogen-bond donors (Lipinski definition) is 1. The molecule has 0 unspecified atom stereocenters. The summed E-state index contributed by atoms with van der Waals surface area (Å²) < 4.78 is 6.80. The van der Waals surface area contributed by atoms with E-state index in [9.17, 15) is 0 Å². The second-order valence-corrected chi connectivity index (χ2v) is 6.63. The van der Waals surface area contributed by atoms with E-state index in [2.05, 4.69) is 54.2 Å². The van der Waals surface area contributed by atoms with Crippen molar-refractivity contribution < 1.29 is 4.74 Å². The molecular formula is C17H20BrNO. The van der Waals surface area contributed by atoms with Crippen LogP contribution in [0.2, 0.25) is 0 Å². The summed E-state index contributed by atoms with van der Waals surface area (Å²) in [6, 6.07) is 16.0. The average Bonchev–Trinajstić information content (AvgIpc) is 2.40. The molecular weight excluding hydrogens is 314 g/mol. The van der Waals surface area contributed by atoms with Crippen LogP contribution in [0, 0.1) is 0 Å². The average molecular weight is 334 g/mol. The van der Waals surface area contributed by atoms with Crippen LogP contribution in [0.4, 0.5) is 0 Å². The van der Waals surface area contributed by atoms with Crippen LogP contribution < -0.4 is 10.1 Å². The number of rotatable bonds is 4. The van der Waals surface area contributed by atoms with Crippen molar-refractivity contribution >= 4 is 15.9 Å². The van der Waals surface area contributed by atoms with Crippen molar-refractivity contribution in [3.63, 3.8) is 0 Å². The molecule has 0 spiro atoms. The summed E-state index contributed by atoms with van der Waals surface area (Å²) in [7, 11) is 0. The van der Waals surface area contributed by atoms with Gasteiger partial charge in [0, 0.05) is 12.1 Å². The number of nitrogens with one attached hydrogen (secondary N) is 1. The maximum atomic E-state index is 5.84. The van der Waals surface area contributed by atoms with Gasteiger partial charge in [0.2, 0.25) is 0 Å². The van der Waals surface area contributed by atoms with Crippen molar-refractivity contribution in [3.05, 3.63) is 58.6 Å². The topological polar surface area (TPSA) is 21.3 Å². The molecule has 0 saturated carbocycles. The van der Waals surface area contributed by atoms with E-state index >= 15 is 0 Å². The molecule has 106 valence electrons. The zero-order valence-corrected chi connectivity index (χ0v) is 13.7. The van der Waals surface area contributed by atoms with Crippen molar-refractivity contribution in [2.45, 2.75) is 32.9 Å². The molecule has 0 aliphatic carbocycles. The first kappa shape index (κ1) is 15.1. The van der Waals surface area contributed by atoms with Gasteiger partial charge in [0.1, 0.15) is 11.5 Å². The Morgan fingerprint density at radius 3 is 2.25 bits per heavy atom. The third-order valence-corrected chi connectivity index (χ3v) is 3.47. The molecule has 2 nitrogen and oxygen atoms in total. The Hall–Kier alpha value is -1.32. The molecule has 0 heterocycles. The smallest absolute Gasteiger partial charge is 0.141 e. The summed E-state index contributed by atoms with van der Waals surface area (Å²) >= 11 is 3.48. The maximum absolute atomic E-state index is 5.84. The molecule has 3 heteroatoms. The van der Waals surface area contributed by atoms with Crippen LogP contribution in [0.1, 0.15) is 26.3 Å². The van der Waals surface area contributed by atoms with Gasteiger partial charge >= 0.3 is 0 Å². The second-order valence-electron chi connectivity index (χ2n) is 5.78. The van der Waals surface area contributed by atoms with Crippen molar-refractivity contribution in [3.8, 4) is 11.5 Å². The highest BCUT2D eigenvalue weighted by Crippen LogP contribution is 2.29. The van der Waals surface area contributed by atoms with E-state index < -0.39 is 0 Å². The minimum atomic E-state index is 0.129. The van der Waals surface area contributed by atoms with Gasteiger partial charge in [0.15, 0.2) is 0 Å². The molecule has 2 aromatic rings. The fourth-order valence-corrected chi connectivity index (χ4v) is 2.06. The number of ether oxygens (including phenoxy) is 1. The van der Waals surface area contributed by atoms with Crippen LogP contribution in [0.15, 0.2) is 53.0 Å². The van der Waals surface area contributed by atoms with Gasteiger partial charge in [0.05, 0.1) is 4.47 Å². The summed E-state index contributed by atoms with van der Waals surface area (Å²) in [5.41, 5.74) is 1.38. The molecule has 0 aliphatic rings. The van der Waals surface area contributed by atoms with Crippen LogP contribution in [-0.2, 0) is 6.54 Å². The van der Waals surface area contributed by atoms with Crippen LogP contribution >= 0.6 is 15.9 Å². The zero-order chi connectivity index (χ0) is 14.6. The van der Waals surface area contributed by atoms with Gasteiger partial charge in [-0.15, -0.1) is 0 Å². The van der Waals surface area contributed by atoms with E-state index in [1.54, 1.807) is 0 Å². The predicted octanol–water partition coefficient (Wildman–Crippen LogP) is 5.13. The highest BCUT2D eigenvalue weighted by atomic mass is 79.9. The first-order valence-electron chi connectivity index (χ1n) is 6.70. The quantitative estimate of drug-likeness (QED) is 0.837. The van der Waals surface area contributed by atoms with Gasteiger partial charge in [-0.2, -0.15) is 0 Å². The zero-order valence-electron chi connectivity index (χ0n) is 12.1. The lowest BCUT2D eigenvalue weighted by atomic mass is 10.1. The number of halogens is 1. The minimum Gasteiger partial charge on any atom is -0.456 e. The van der Waals surface area contributed by atoms with E-state index in [0.717, 1.165) is 22.5 Å². The number of hydrogen-bond acceptors (Lipinski definition) is 2. The van der Waals surface area contributed by atoms with Gasteiger partial charge in [-0.3, -0.25) is 0 Å². The summed E-state index contributed by atoms with van der Waals surface area (Å²) in [5.74, 6) is 1.67. The molecule has 1 N–H and O–H groups in total. The third kappa shape index (κ3) is 4.66. The van der Waals surface area contributed by atoms with Crippen LogP contribution in [-0.4, -0.2) is 5.54 Å². The molecule has 2 rings (SSSR count). The molecule has 0 aliphatic heterocycles. The van der Waals surface area contributed by atoms with Crippen LogP contribution in [0.5, 0.6) is 11.5 Å². The first-order chi connectivity index (χ1) is 9.44. The van der Waals surface area contributed by atoms with Gasteiger partial charge in [0.25, 0.3) is 0 Å². The maximum Gasteiger partial charge on any atom is 0.141 e. The lowest BCUT2D eigenvalue weighted by Crippen LogP contribution is -2.34. The Morgan fingerprint density at radius 1 is 1.00 bits per heavy atom. The first-order valence-corrected chi connectivity index (χ1v) is 7.50. The summed E-state index contributed by atoms with van der Waals surface area (Å²) in [6.45, 7) is 7.35. The van der Waals surface area contributed by atoms with Gasteiger partial charge in [-0.05, 0) is 66.5 Å². The second kappa shape index (κ2) is 6.42. The highest BCUT2D eigenvalue weighted by molar-refractivity contribution is 9.10. The molecule has 20 heavy (non-hydrogen) atoms. The van der Waals surface area contributed by atoms with E-state index in [1.165, 1.54) is 5.56 Å². The van der Waals surface area contributed by atoms with Crippen molar-refractivity contribution in [1.82, 2.24) is 5.32 Å².